The molecule has 0 amide bonds. The van der Waals surface area contributed by atoms with Gasteiger partial charge in [-0.1, -0.05) is 51.2 Å². The Kier molecular flexibility index (Phi) is 9.51. The Morgan fingerprint density at radius 2 is 1.64 bits per heavy atom. The van der Waals surface area contributed by atoms with Crippen LogP contribution in [0.3, 0.4) is 0 Å². The molecular weight excluding hydrogens is 280 g/mol. The first-order valence-electron chi connectivity index (χ1n) is 8.07. The van der Waals surface area contributed by atoms with E-state index in [1.165, 1.54) is 39.9 Å². The van der Waals surface area contributed by atoms with E-state index in [0.29, 0.717) is 17.7 Å². The van der Waals surface area contributed by atoms with E-state index in [1.807, 2.05) is 12.1 Å². The third-order valence-electron chi connectivity index (χ3n) is 3.55. The molecule has 0 aliphatic carbocycles. The maximum atomic E-state index is 12.4. The van der Waals surface area contributed by atoms with Crippen LogP contribution in [0.15, 0.2) is 24.3 Å². The van der Waals surface area contributed by atoms with Gasteiger partial charge in [-0.3, -0.25) is 4.79 Å². The summed E-state index contributed by atoms with van der Waals surface area (Å²) < 4.78 is 15.6. The molecule has 0 atom stereocenters. The van der Waals surface area contributed by atoms with Crippen LogP contribution in [0.4, 0.5) is 0 Å². The average molecular weight is 308 g/mol. The highest BCUT2D eigenvalue weighted by atomic mass is 16.8. The fraction of sp³-hybridized carbons (Fsp3) is 0.611. The summed E-state index contributed by atoms with van der Waals surface area (Å²) in [6, 6.07) is 7.23. The van der Waals surface area contributed by atoms with Gasteiger partial charge in [-0.2, -0.15) is 0 Å². The summed E-state index contributed by atoms with van der Waals surface area (Å²) >= 11 is 0. The van der Waals surface area contributed by atoms with Gasteiger partial charge in [0.2, 0.25) is 0 Å². The Morgan fingerprint density at radius 3 is 2.32 bits per heavy atom. The SMILES string of the molecule is CCCCCCCCC(=O)c1ccccc1OC(OC)OC. The van der Waals surface area contributed by atoms with E-state index in [1.54, 1.807) is 12.1 Å². The summed E-state index contributed by atoms with van der Waals surface area (Å²) in [6.45, 7) is 1.40. The highest BCUT2D eigenvalue weighted by Crippen LogP contribution is 2.22. The summed E-state index contributed by atoms with van der Waals surface area (Å²) in [7, 11) is 2.99. The van der Waals surface area contributed by atoms with Gasteiger partial charge in [0.25, 0.3) is 0 Å². The van der Waals surface area contributed by atoms with Crippen LogP contribution in [0, 0.1) is 0 Å². The monoisotopic (exact) mass is 308 g/mol. The number of hydrogen-bond acceptors (Lipinski definition) is 4. The van der Waals surface area contributed by atoms with E-state index in [-0.39, 0.29) is 5.78 Å². The fourth-order valence-corrected chi connectivity index (χ4v) is 2.30. The molecular formula is C18H28O4. The third-order valence-corrected chi connectivity index (χ3v) is 3.55. The number of carbonyl (C=O) groups excluding carboxylic acids is 1. The first kappa shape index (κ1) is 18.7. The maximum absolute atomic E-state index is 12.4. The molecule has 4 heteroatoms. The van der Waals surface area contributed by atoms with Crippen LogP contribution in [-0.2, 0) is 9.47 Å². The molecule has 124 valence electrons. The second-order valence-electron chi connectivity index (χ2n) is 5.32. The number of ether oxygens (including phenoxy) is 3. The highest BCUT2D eigenvalue weighted by Gasteiger charge is 2.15. The van der Waals surface area contributed by atoms with Crippen LogP contribution in [0.1, 0.15) is 62.2 Å². The number of methoxy groups -OCH3 is 2. The standard InChI is InChI=1S/C18H28O4/c1-4-5-6-7-8-9-13-16(19)15-12-10-11-14-17(15)22-18(20-2)21-3/h10-12,14,18H,4-9,13H2,1-3H3. The van der Waals surface area contributed by atoms with Gasteiger partial charge in [0.15, 0.2) is 5.78 Å². The van der Waals surface area contributed by atoms with E-state index >= 15 is 0 Å². The van der Waals surface area contributed by atoms with Gasteiger partial charge in [0.1, 0.15) is 5.75 Å². The van der Waals surface area contributed by atoms with E-state index in [0.717, 1.165) is 12.8 Å². The van der Waals surface area contributed by atoms with Crippen molar-refractivity contribution < 1.29 is 19.0 Å². The molecule has 4 nitrogen and oxygen atoms in total. The minimum Gasteiger partial charge on any atom is -0.440 e. The van der Waals surface area contributed by atoms with Crippen molar-refractivity contribution in [3.63, 3.8) is 0 Å². The number of carbonyl (C=O) groups is 1. The van der Waals surface area contributed by atoms with Crippen molar-refractivity contribution in [1.82, 2.24) is 0 Å². The number of Topliss-reactive ketones (excluding diaryl/α,β-unsaturated/α-hetero) is 1. The van der Waals surface area contributed by atoms with Gasteiger partial charge in [-0.15, -0.1) is 0 Å². The molecule has 1 rings (SSSR count). The predicted molar refractivity (Wildman–Crippen MR) is 87.2 cm³/mol. The van der Waals surface area contributed by atoms with Crippen LogP contribution in [0.2, 0.25) is 0 Å². The second-order valence-corrected chi connectivity index (χ2v) is 5.32. The topological polar surface area (TPSA) is 44.8 Å². The average Bonchev–Trinajstić information content (AvgIpc) is 2.56. The minimum atomic E-state index is -0.803. The van der Waals surface area contributed by atoms with Gasteiger partial charge in [-0.05, 0) is 18.6 Å². The molecule has 1 aromatic carbocycles. The molecule has 0 aliphatic rings. The molecule has 0 heterocycles. The molecule has 0 spiro atoms. The lowest BCUT2D eigenvalue weighted by Gasteiger charge is -2.17. The predicted octanol–water partition coefficient (Wildman–Crippen LogP) is 4.58. The number of unbranched alkanes of at least 4 members (excludes halogenated alkanes) is 5. The molecule has 0 aliphatic heterocycles. The smallest absolute Gasteiger partial charge is 0.315 e. The summed E-state index contributed by atoms with van der Waals surface area (Å²) in [6.07, 6.45) is 7.56. The second kappa shape index (κ2) is 11.2. The van der Waals surface area contributed by atoms with Crippen molar-refractivity contribution in [1.29, 1.82) is 0 Å². The first-order chi connectivity index (χ1) is 10.7. The zero-order valence-corrected chi connectivity index (χ0v) is 14.0. The molecule has 0 N–H and O–H groups in total. The van der Waals surface area contributed by atoms with Crippen molar-refractivity contribution in [3.05, 3.63) is 29.8 Å². The van der Waals surface area contributed by atoms with Gasteiger partial charge >= 0.3 is 6.48 Å². The van der Waals surface area contributed by atoms with E-state index in [2.05, 4.69) is 6.92 Å². The lowest BCUT2D eigenvalue weighted by Crippen LogP contribution is -2.21. The van der Waals surface area contributed by atoms with E-state index < -0.39 is 6.48 Å². The molecule has 22 heavy (non-hydrogen) atoms. The molecule has 0 aromatic heterocycles. The molecule has 0 saturated carbocycles. The van der Waals surface area contributed by atoms with Crippen LogP contribution >= 0.6 is 0 Å². The Morgan fingerprint density at radius 1 is 1.00 bits per heavy atom. The number of benzene rings is 1. The number of hydrogen-bond donors (Lipinski definition) is 0. The lowest BCUT2D eigenvalue weighted by molar-refractivity contribution is -0.219. The highest BCUT2D eigenvalue weighted by molar-refractivity contribution is 5.98. The molecule has 1 aromatic rings. The first-order valence-corrected chi connectivity index (χ1v) is 8.07. The zero-order chi connectivity index (χ0) is 16.2. The molecule has 0 bridgehead atoms. The van der Waals surface area contributed by atoms with E-state index in [4.69, 9.17) is 14.2 Å². The molecule has 0 radical (unpaired) electrons. The van der Waals surface area contributed by atoms with Gasteiger partial charge in [0.05, 0.1) is 5.56 Å². The van der Waals surface area contributed by atoms with Crippen molar-refractivity contribution in [3.8, 4) is 5.75 Å². The zero-order valence-electron chi connectivity index (χ0n) is 14.0. The van der Waals surface area contributed by atoms with Gasteiger partial charge < -0.3 is 14.2 Å². The van der Waals surface area contributed by atoms with Crippen LogP contribution < -0.4 is 4.74 Å². The largest absolute Gasteiger partial charge is 0.440 e. The van der Waals surface area contributed by atoms with Crippen molar-refractivity contribution >= 4 is 5.78 Å². The normalized spacial score (nSPS) is 10.9. The lowest BCUT2D eigenvalue weighted by atomic mass is 10.0. The van der Waals surface area contributed by atoms with E-state index in [9.17, 15) is 4.79 Å². The molecule has 0 fully saturated rings. The van der Waals surface area contributed by atoms with Crippen molar-refractivity contribution in [2.24, 2.45) is 0 Å². The summed E-state index contributed by atoms with van der Waals surface area (Å²) in [5, 5.41) is 0. The Balaban J connectivity index is 2.50. The Labute approximate surface area is 133 Å². The summed E-state index contributed by atoms with van der Waals surface area (Å²) in [5.41, 5.74) is 0.593. The Bertz CT molecular complexity index is 427. The number of para-hydroxylation sites is 1. The van der Waals surface area contributed by atoms with Crippen molar-refractivity contribution in [2.45, 2.75) is 58.3 Å². The number of rotatable bonds is 12. The third kappa shape index (κ3) is 6.58. The fourth-order valence-electron chi connectivity index (χ4n) is 2.30. The van der Waals surface area contributed by atoms with Gasteiger partial charge in [-0.25, -0.2) is 0 Å². The number of ketones is 1. The minimum absolute atomic E-state index is 0.108. The van der Waals surface area contributed by atoms with Crippen molar-refractivity contribution in [2.75, 3.05) is 14.2 Å². The Hall–Kier alpha value is -1.39. The van der Waals surface area contributed by atoms with Crippen LogP contribution in [-0.4, -0.2) is 26.5 Å². The van der Waals surface area contributed by atoms with Crippen LogP contribution in [0.5, 0.6) is 5.75 Å². The van der Waals surface area contributed by atoms with Gasteiger partial charge in [0, 0.05) is 20.6 Å². The summed E-state index contributed by atoms with van der Waals surface area (Å²) in [5.74, 6) is 0.615. The van der Waals surface area contributed by atoms with Crippen LogP contribution in [0.25, 0.3) is 0 Å². The summed E-state index contributed by atoms with van der Waals surface area (Å²) in [4.78, 5) is 12.4. The quantitative estimate of drug-likeness (QED) is 0.322. The maximum Gasteiger partial charge on any atom is 0.315 e. The molecule has 0 unspecified atom stereocenters. The molecule has 0 saturated heterocycles.